The summed E-state index contributed by atoms with van der Waals surface area (Å²) >= 11 is 0. The van der Waals surface area contributed by atoms with E-state index in [0.717, 1.165) is 54.3 Å². The van der Waals surface area contributed by atoms with Gasteiger partial charge in [0.05, 0.1) is 22.5 Å². The number of fused-ring (bicyclic) bond motifs is 1. The van der Waals surface area contributed by atoms with Gasteiger partial charge in [-0.2, -0.15) is 5.26 Å². The predicted molar refractivity (Wildman–Crippen MR) is 144 cm³/mol. The Hall–Kier alpha value is -4.38. The highest BCUT2D eigenvalue weighted by molar-refractivity contribution is 5.96. The van der Waals surface area contributed by atoms with Crippen LogP contribution in [0.2, 0.25) is 0 Å². The second-order valence-electron chi connectivity index (χ2n) is 10.2. The molecule has 38 heavy (non-hydrogen) atoms. The molecule has 8 nitrogen and oxygen atoms in total. The van der Waals surface area contributed by atoms with Gasteiger partial charge in [0, 0.05) is 35.6 Å². The van der Waals surface area contributed by atoms with Gasteiger partial charge >= 0.3 is 6.09 Å². The number of nitrogens with zero attached hydrogens (tertiary/aromatic N) is 4. The third kappa shape index (κ3) is 4.56. The second kappa shape index (κ2) is 9.82. The van der Waals surface area contributed by atoms with Crippen LogP contribution in [0.4, 0.5) is 10.5 Å². The van der Waals surface area contributed by atoms with Crippen LogP contribution >= 0.6 is 0 Å². The lowest BCUT2D eigenvalue weighted by atomic mass is 9.92. The van der Waals surface area contributed by atoms with Crippen LogP contribution in [0.5, 0.6) is 11.6 Å². The van der Waals surface area contributed by atoms with E-state index in [1.54, 1.807) is 12.4 Å². The van der Waals surface area contributed by atoms with Crippen molar-refractivity contribution < 1.29 is 14.3 Å². The Morgan fingerprint density at radius 3 is 2.53 bits per heavy atom. The van der Waals surface area contributed by atoms with Crippen LogP contribution in [0.3, 0.4) is 0 Å². The summed E-state index contributed by atoms with van der Waals surface area (Å²) < 4.78 is 13.8. The lowest BCUT2D eigenvalue weighted by Crippen LogP contribution is -2.21. The van der Waals surface area contributed by atoms with Crippen molar-refractivity contribution in [2.75, 3.05) is 5.32 Å². The fourth-order valence-electron chi connectivity index (χ4n) is 5.07. The molecule has 1 amide bonds. The van der Waals surface area contributed by atoms with E-state index < -0.39 is 6.09 Å². The summed E-state index contributed by atoms with van der Waals surface area (Å²) in [6.07, 6.45) is 8.24. The van der Waals surface area contributed by atoms with Gasteiger partial charge in [0.15, 0.2) is 0 Å². The number of carbonyl (C=O) groups is 1. The zero-order valence-corrected chi connectivity index (χ0v) is 21.5. The molecule has 4 aromatic rings. The summed E-state index contributed by atoms with van der Waals surface area (Å²) in [5.41, 5.74) is 4.76. The Balaban J connectivity index is 1.34. The molecule has 0 radical (unpaired) electrons. The topological polar surface area (TPSA) is 102 Å². The van der Waals surface area contributed by atoms with Crippen LogP contribution in [-0.2, 0) is 4.74 Å². The van der Waals surface area contributed by atoms with Gasteiger partial charge < -0.3 is 14.0 Å². The Kier molecular flexibility index (Phi) is 6.20. The van der Waals surface area contributed by atoms with Crippen molar-refractivity contribution >= 4 is 22.7 Å². The maximum Gasteiger partial charge on any atom is 0.411 e. The van der Waals surface area contributed by atoms with Crippen molar-refractivity contribution in [2.45, 2.75) is 58.1 Å². The van der Waals surface area contributed by atoms with Gasteiger partial charge in [0.1, 0.15) is 17.9 Å². The van der Waals surface area contributed by atoms with E-state index >= 15 is 0 Å². The van der Waals surface area contributed by atoms with Gasteiger partial charge in [-0.05, 0) is 81.7 Å². The van der Waals surface area contributed by atoms with Crippen molar-refractivity contribution in [1.29, 1.82) is 5.26 Å². The smallest absolute Gasteiger partial charge is 0.411 e. The van der Waals surface area contributed by atoms with Crippen LogP contribution in [0.15, 0.2) is 54.9 Å². The van der Waals surface area contributed by atoms with Crippen LogP contribution < -0.4 is 10.1 Å². The zero-order chi connectivity index (χ0) is 26.2. The van der Waals surface area contributed by atoms with E-state index in [-0.39, 0.29) is 6.10 Å². The highest BCUT2D eigenvalue weighted by Gasteiger charge is 2.31. The number of nitrogens with one attached hydrogen (secondary N) is 1. The Bertz CT molecular complexity index is 1540. The molecule has 1 N–H and O–H groups in total. The third-order valence-corrected chi connectivity index (χ3v) is 7.56. The molecule has 2 fully saturated rings. The van der Waals surface area contributed by atoms with Crippen molar-refractivity contribution in [3.8, 4) is 29.0 Å². The number of rotatable bonds is 7. The molecular formula is C30H29N5O3. The summed E-state index contributed by atoms with van der Waals surface area (Å²) in [5, 5.41) is 13.9. The Labute approximate surface area is 221 Å². The normalized spacial score (nSPS) is 15.9. The molecule has 6 rings (SSSR count). The Morgan fingerprint density at radius 2 is 1.87 bits per heavy atom. The van der Waals surface area contributed by atoms with E-state index in [1.807, 2.05) is 56.3 Å². The molecule has 2 heterocycles. The molecule has 0 spiro atoms. The molecule has 0 unspecified atom stereocenters. The standard InChI is InChI=1S/C30H29N5O3/c1-18-29(33-15-14-32-18)38-24-12-13-25-26(17-31)28(35(27(25)16-24)23-4-3-5-23)21-8-10-22(11-9-21)34-30(36)37-19(2)20-6-7-20/h8-16,19-20,23H,3-7H2,1-2H3,(H,34,36)/t19-/m1/s1. The van der Waals surface area contributed by atoms with Crippen LogP contribution in [-0.4, -0.2) is 26.7 Å². The van der Waals surface area contributed by atoms with Crippen molar-refractivity contribution in [3.63, 3.8) is 0 Å². The fourth-order valence-corrected chi connectivity index (χ4v) is 5.07. The van der Waals surface area contributed by atoms with Gasteiger partial charge in [-0.1, -0.05) is 12.1 Å². The number of anilines is 1. The van der Waals surface area contributed by atoms with Crippen molar-refractivity contribution in [3.05, 3.63) is 66.1 Å². The van der Waals surface area contributed by atoms with E-state index in [9.17, 15) is 10.1 Å². The summed E-state index contributed by atoms with van der Waals surface area (Å²) in [4.78, 5) is 20.9. The predicted octanol–water partition coefficient (Wildman–Crippen LogP) is 7.14. The molecule has 2 aromatic heterocycles. The lowest BCUT2D eigenvalue weighted by molar-refractivity contribution is 0.108. The largest absolute Gasteiger partial charge is 0.446 e. The first-order valence-corrected chi connectivity index (χ1v) is 13.1. The molecule has 2 aliphatic carbocycles. The molecule has 2 aliphatic rings. The minimum atomic E-state index is -0.440. The maximum absolute atomic E-state index is 12.3. The minimum Gasteiger partial charge on any atom is -0.446 e. The van der Waals surface area contributed by atoms with Gasteiger partial charge in [-0.3, -0.25) is 10.3 Å². The molecule has 0 saturated heterocycles. The molecule has 0 bridgehead atoms. The number of benzene rings is 2. The first-order chi connectivity index (χ1) is 18.5. The molecule has 192 valence electrons. The monoisotopic (exact) mass is 507 g/mol. The zero-order valence-electron chi connectivity index (χ0n) is 21.5. The van der Waals surface area contributed by atoms with E-state index in [4.69, 9.17) is 9.47 Å². The van der Waals surface area contributed by atoms with Crippen LogP contribution in [0.1, 0.15) is 56.3 Å². The minimum absolute atomic E-state index is 0.0719. The first-order valence-electron chi connectivity index (χ1n) is 13.1. The molecule has 2 saturated carbocycles. The number of carbonyl (C=O) groups excluding carboxylic acids is 1. The quantitative estimate of drug-likeness (QED) is 0.285. The van der Waals surface area contributed by atoms with Gasteiger partial charge in [-0.15, -0.1) is 0 Å². The highest BCUT2D eigenvalue weighted by atomic mass is 16.6. The van der Waals surface area contributed by atoms with E-state index in [2.05, 4.69) is 25.9 Å². The number of nitriles is 1. The molecule has 8 heteroatoms. The average Bonchev–Trinajstić information content (AvgIpc) is 3.69. The lowest BCUT2D eigenvalue weighted by Gasteiger charge is -2.30. The van der Waals surface area contributed by atoms with Crippen molar-refractivity contribution in [1.82, 2.24) is 14.5 Å². The average molecular weight is 508 g/mol. The van der Waals surface area contributed by atoms with Gasteiger partial charge in [0.25, 0.3) is 0 Å². The summed E-state index contributed by atoms with van der Waals surface area (Å²) in [5.74, 6) is 1.59. The SMILES string of the molecule is Cc1nccnc1Oc1ccc2c(C#N)c(-c3ccc(NC(=O)O[C@H](C)C4CC4)cc3)n(C3CCC3)c2c1. The summed E-state index contributed by atoms with van der Waals surface area (Å²) in [6.45, 7) is 3.80. The van der Waals surface area contributed by atoms with Gasteiger partial charge in [0.2, 0.25) is 5.88 Å². The summed E-state index contributed by atoms with van der Waals surface area (Å²) in [7, 11) is 0. The molecular weight excluding hydrogens is 478 g/mol. The van der Waals surface area contributed by atoms with E-state index in [1.165, 1.54) is 0 Å². The van der Waals surface area contributed by atoms with Crippen LogP contribution in [0.25, 0.3) is 22.2 Å². The number of ether oxygens (including phenoxy) is 2. The maximum atomic E-state index is 12.3. The van der Waals surface area contributed by atoms with Gasteiger partial charge in [-0.25, -0.2) is 9.78 Å². The third-order valence-electron chi connectivity index (χ3n) is 7.56. The number of amides is 1. The number of aryl methyl sites for hydroxylation is 1. The van der Waals surface area contributed by atoms with Crippen molar-refractivity contribution in [2.24, 2.45) is 5.92 Å². The first kappa shape index (κ1) is 24.0. The second-order valence-corrected chi connectivity index (χ2v) is 10.2. The number of hydrogen-bond acceptors (Lipinski definition) is 6. The molecule has 2 aromatic carbocycles. The number of hydrogen-bond donors (Lipinski definition) is 1. The summed E-state index contributed by atoms with van der Waals surface area (Å²) in [6, 6.07) is 16.2. The molecule has 0 aliphatic heterocycles. The van der Waals surface area contributed by atoms with Crippen LogP contribution in [0, 0.1) is 24.2 Å². The van der Waals surface area contributed by atoms with E-state index in [0.29, 0.717) is 40.5 Å². The highest BCUT2D eigenvalue weighted by Crippen LogP contribution is 2.44. The Morgan fingerprint density at radius 1 is 1.11 bits per heavy atom. The fraction of sp³-hybridized carbons (Fsp3) is 0.333. The number of aromatic nitrogens is 3. The molecule has 1 atom stereocenters.